The average Bonchev–Trinajstić information content (AvgIpc) is 3.23. The number of aromatic nitrogens is 4. The fraction of sp³-hybridized carbons (Fsp3) is 0.222. The summed E-state index contributed by atoms with van der Waals surface area (Å²) in [6, 6.07) is 8.03. The van der Waals surface area contributed by atoms with Gasteiger partial charge in [-0.1, -0.05) is 11.6 Å². The summed E-state index contributed by atoms with van der Waals surface area (Å²) in [5, 5.41) is 10.4. The lowest BCUT2D eigenvalue weighted by molar-refractivity contribution is 0.262. The van der Waals surface area contributed by atoms with Crippen LogP contribution in [0.5, 0.6) is 0 Å². The molecule has 0 radical (unpaired) electrons. The van der Waals surface area contributed by atoms with Crippen LogP contribution in [0, 0.1) is 6.92 Å². The van der Waals surface area contributed by atoms with Crippen molar-refractivity contribution in [3.05, 3.63) is 62.7 Å². The van der Waals surface area contributed by atoms with E-state index in [-0.39, 0.29) is 11.5 Å². The summed E-state index contributed by atoms with van der Waals surface area (Å²) in [6.45, 7) is 1.80. The van der Waals surface area contributed by atoms with Crippen LogP contribution in [0.4, 0.5) is 16.3 Å². The molecule has 0 unspecified atom stereocenters. The van der Waals surface area contributed by atoms with Gasteiger partial charge in [0, 0.05) is 22.3 Å². The van der Waals surface area contributed by atoms with Crippen molar-refractivity contribution in [1.29, 1.82) is 0 Å². The minimum atomic E-state index is -0.443. The van der Waals surface area contributed by atoms with Gasteiger partial charge in [-0.25, -0.2) is 9.78 Å². The van der Waals surface area contributed by atoms with Crippen LogP contribution in [-0.2, 0) is 12.8 Å². The maximum atomic E-state index is 12.3. The van der Waals surface area contributed by atoms with Crippen molar-refractivity contribution < 1.29 is 4.79 Å². The summed E-state index contributed by atoms with van der Waals surface area (Å²) in [4.78, 5) is 31.9. The van der Waals surface area contributed by atoms with Crippen LogP contribution < -0.4 is 16.2 Å². The van der Waals surface area contributed by atoms with Crippen molar-refractivity contribution in [2.75, 3.05) is 10.6 Å². The second kappa shape index (κ2) is 6.88. The van der Waals surface area contributed by atoms with Crippen LogP contribution in [0.25, 0.3) is 5.95 Å². The zero-order chi connectivity index (χ0) is 19.0. The van der Waals surface area contributed by atoms with Gasteiger partial charge in [-0.2, -0.15) is 9.78 Å². The van der Waals surface area contributed by atoms with Crippen LogP contribution in [0.2, 0.25) is 5.02 Å². The van der Waals surface area contributed by atoms with Crippen LogP contribution >= 0.6 is 11.6 Å². The zero-order valence-corrected chi connectivity index (χ0v) is 15.3. The molecule has 0 aliphatic heterocycles. The summed E-state index contributed by atoms with van der Waals surface area (Å²) >= 11 is 5.85. The van der Waals surface area contributed by atoms with Gasteiger partial charge >= 0.3 is 6.03 Å². The number of benzene rings is 1. The molecule has 9 heteroatoms. The smallest absolute Gasteiger partial charge is 0.308 e. The number of fused-ring (bicyclic) bond motifs is 1. The zero-order valence-electron chi connectivity index (χ0n) is 14.5. The van der Waals surface area contributed by atoms with E-state index < -0.39 is 6.03 Å². The van der Waals surface area contributed by atoms with E-state index in [1.54, 1.807) is 37.3 Å². The molecule has 1 aliphatic rings. The number of aromatic amines is 1. The number of nitrogens with one attached hydrogen (secondary N) is 3. The number of urea groups is 1. The van der Waals surface area contributed by atoms with E-state index in [2.05, 4.69) is 25.7 Å². The Kier molecular flexibility index (Phi) is 4.41. The highest BCUT2D eigenvalue weighted by molar-refractivity contribution is 6.30. The Morgan fingerprint density at radius 3 is 2.78 bits per heavy atom. The van der Waals surface area contributed by atoms with Gasteiger partial charge < -0.3 is 5.32 Å². The lowest BCUT2D eigenvalue weighted by Gasteiger charge is -2.10. The van der Waals surface area contributed by atoms with Gasteiger partial charge in [0.1, 0.15) is 5.82 Å². The Morgan fingerprint density at radius 2 is 2.00 bits per heavy atom. The molecule has 0 bridgehead atoms. The van der Waals surface area contributed by atoms with Gasteiger partial charge in [0.15, 0.2) is 0 Å². The second-order valence-corrected chi connectivity index (χ2v) is 6.77. The first-order valence-corrected chi connectivity index (χ1v) is 8.90. The Morgan fingerprint density at radius 1 is 1.22 bits per heavy atom. The first kappa shape index (κ1) is 17.3. The van der Waals surface area contributed by atoms with E-state index in [0.717, 1.165) is 30.5 Å². The molecule has 27 heavy (non-hydrogen) atoms. The van der Waals surface area contributed by atoms with Crippen LogP contribution in [0.1, 0.15) is 23.4 Å². The number of rotatable bonds is 3. The Balaban J connectivity index is 1.60. The van der Waals surface area contributed by atoms with E-state index in [0.29, 0.717) is 22.2 Å². The largest absolute Gasteiger partial charge is 0.324 e. The predicted molar refractivity (Wildman–Crippen MR) is 103 cm³/mol. The molecule has 0 atom stereocenters. The molecule has 1 aliphatic carbocycles. The van der Waals surface area contributed by atoms with Crippen molar-refractivity contribution in [2.24, 2.45) is 0 Å². The molecular formula is C18H17ClN6O2. The molecule has 0 saturated heterocycles. The minimum Gasteiger partial charge on any atom is -0.308 e. The van der Waals surface area contributed by atoms with Gasteiger partial charge in [0.25, 0.3) is 5.56 Å². The third-order valence-corrected chi connectivity index (χ3v) is 4.56. The molecule has 2 aromatic heterocycles. The summed E-state index contributed by atoms with van der Waals surface area (Å²) in [5.41, 5.74) is 2.65. The highest BCUT2D eigenvalue weighted by atomic mass is 35.5. The topological polar surface area (TPSA) is 105 Å². The number of carbonyl (C=O) groups excluding carboxylic acids is 1. The van der Waals surface area contributed by atoms with E-state index in [4.69, 9.17) is 11.6 Å². The van der Waals surface area contributed by atoms with Crippen molar-refractivity contribution in [3.63, 3.8) is 0 Å². The van der Waals surface area contributed by atoms with Gasteiger partial charge in [0.05, 0.1) is 11.4 Å². The van der Waals surface area contributed by atoms with E-state index in [1.165, 1.54) is 4.68 Å². The number of anilines is 2. The summed E-state index contributed by atoms with van der Waals surface area (Å²) in [5.74, 6) is 0.690. The van der Waals surface area contributed by atoms with Crippen LogP contribution in [-0.4, -0.2) is 25.8 Å². The van der Waals surface area contributed by atoms with Crippen molar-refractivity contribution >= 4 is 29.1 Å². The van der Waals surface area contributed by atoms with E-state index >= 15 is 0 Å². The quantitative estimate of drug-likeness (QED) is 0.645. The fourth-order valence-electron chi connectivity index (χ4n) is 3.09. The Bertz CT molecular complexity index is 1070. The molecule has 0 saturated carbocycles. The van der Waals surface area contributed by atoms with Gasteiger partial charge in [-0.3, -0.25) is 15.1 Å². The molecule has 4 rings (SSSR count). The molecule has 138 valence electrons. The standard InChI is InChI=1S/C18H17ClN6O2/c1-10-9-15(22-18(27)20-12-7-5-11(19)6-8-12)25(24-10)17-21-14-4-2-3-13(14)16(26)23-17/h5-9H,2-4H2,1H3,(H2,20,22,27)(H,21,23,26). The number of aryl methyl sites for hydroxylation is 2. The lowest BCUT2D eigenvalue weighted by atomic mass is 10.3. The molecule has 3 N–H and O–H groups in total. The van der Waals surface area contributed by atoms with Crippen molar-refractivity contribution in [2.45, 2.75) is 26.2 Å². The third-order valence-electron chi connectivity index (χ3n) is 4.30. The number of nitrogens with zero attached hydrogens (tertiary/aromatic N) is 3. The molecular weight excluding hydrogens is 368 g/mol. The Labute approximate surface area is 159 Å². The molecule has 3 aromatic rings. The third kappa shape index (κ3) is 3.56. The molecule has 0 spiro atoms. The van der Waals surface area contributed by atoms with Gasteiger partial charge in [0.2, 0.25) is 5.95 Å². The SMILES string of the molecule is Cc1cc(NC(=O)Nc2ccc(Cl)cc2)n(-c2nc3c(c(=O)[nH]2)CCC3)n1. The number of H-pyrrole nitrogens is 1. The van der Waals surface area contributed by atoms with E-state index in [1.807, 2.05) is 0 Å². The van der Waals surface area contributed by atoms with Crippen molar-refractivity contribution in [1.82, 2.24) is 19.7 Å². The summed E-state index contributed by atoms with van der Waals surface area (Å²) in [6.07, 6.45) is 2.43. The maximum Gasteiger partial charge on any atom is 0.324 e. The molecule has 1 aromatic carbocycles. The van der Waals surface area contributed by atoms with Gasteiger partial charge in [-0.15, -0.1) is 0 Å². The minimum absolute atomic E-state index is 0.155. The highest BCUT2D eigenvalue weighted by Crippen LogP contribution is 2.19. The summed E-state index contributed by atoms with van der Waals surface area (Å²) < 4.78 is 1.43. The number of amides is 2. The normalized spacial score (nSPS) is 12.7. The molecule has 8 nitrogen and oxygen atoms in total. The average molecular weight is 385 g/mol. The fourth-order valence-corrected chi connectivity index (χ4v) is 3.22. The van der Waals surface area contributed by atoms with Crippen LogP contribution in [0.3, 0.4) is 0 Å². The Hall–Kier alpha value is -3.13. The van der Waals surface area contributed by atoms with Crippen LogP contribution in [0.15, 0.2) is 35.1 Å². The second-order valence-electron chi connectivity index (χ2n) is 6.34. The maximum absolute atomic E-state index is 12.3. The van der Waals surface area contributed by atoms with Gasteiger partial charge in [-0.05, 0) is 50.5 Å². The first-order chi connectivity index (χ1) is 13.0. The monoisotopic (exact) mass is 384 g/mol. The first-order valence-electron chi connectivity index (χ1n) is 8.52. The van der Waals surface area contributed by atoms with Crippen molar-refractivity contribution in [3.8, 4) is 5.95 Å². The number of hydrogen-bond donors (Lipinski definition) is 3. The summed E-state index contributed by atoms with van der Waals surface area (Å²) in [7, 11) is 0. The highest BCUT2D eigenvalue weighted by Gasteiger charge is 2.20. The van der Waals surface area contributed by atoms with E-state index in [9.17, 15) is 9.59 Å². The molecule has 2 heterocycles. The molecule has 0 fully saturated rings. The number of hydrogen-bond acceptors (Lipinski definition) is 4. The number of carbonyl (C=O) groups is 1. The lowest BCUT2D eigenvalue weighted by Crippen LogP contribution is -2.23. The predicted octanol–water partition coefficient (Wildman–Crippen LogP) is 3.05. The number of halogens is 1. The molecule has 2 amide bonds.